The highest BCUT2D eigenvalue weighted by molar-refractivity contribution is 5.84. The van der Waals surface area contributed by atoms with Crippen LogP contribution in [0.15, 0.2) is 67.4 Å². The lowest BCUT2D eigenvalue weighted by atomic mass is 10.0. The van der Waals surface area contributed by atoms with Crippen molar-refractivity contribution < 1.29 is 4.79 Å². The molecule has 5 aromatic rings. The third-order valence-corrected chi connectivity index (χ3v) is 7.66. The summed E-state index contributed by atoms with van der Waals surface area (Å²) < 4.78 is 3.41. The highest BCUT2D eigenvalue weighted by atomic mass is 16.2. The largest absolute Gasteiger partial charge is 0.353 e. The van der Waals surface area contributed by atoms with Crippen molar-refractivity contribution in [3.63, 3.8) is 0 Å². The summed E-state index contributed by atoms with van der Waals surface area (Å²) in [5.74, 6) is 0.952. The molecule has 1 fully saturated rings. The summed E-state index contributed by atoms with van der Waals surface area (Å²) in [7, 11) is 5.75. The predicted molar refractivity (Wildman–Crippen MR) is 160 cm³/mol. The van der Waals surface area contributed by atoms with E-state index in [0.717, 1.165) is 28.1 Å². The summed E-state index contributed by atoms with van der Waals surface area (Å²) in [5.41, 5.74) is 6.20. The summed E-state index contributed by atoms with van der Waals surface area (Å²) in [6.07, 6.45) is 8.78. The molecule has 0 unspecified atom stereocenters. The summed E-state index contributed by atoms with van der Waals surface area (Å²) in [4.78, 5) is 29.4. The smallest absolute Gasteiger partial charge is 0.244 e. The van der Waals surface area contributed by atoms with E-state index in [1.165, 1.54) is 0 Å². The van der Waals surface area contributed by atoms with E-state index >= 15 is 0 Å². The number of likely N-dealkylation sites (N-methyl/N-ethyl adjacent to an activating group) is 1. The molecule has 212 valence electrons. The van der Waals surface area contributed by atoms with Gasteiger partial charge in [0.25, 0.3) is 0 Å². The van der Waals surface area contributed by atoms with Gasteiger partial charge in [0.1, 0.15) is 29.0 Å². The molecular weight excluding hydrogens is 528 g/mol. The zero-order valence-corrected chi connectivity index (χ0v) is 24.1. The minimum absolute atomic E-state index is 0.117. The second-order valence-corrected chi connectivity index (χ2v) is 10.8. The molecule has 5 heterocycles. The fourth-order valence-electron chi connectivity index (χ4n) is 5.53. The Labute approximate surface area is 244 Å². The van der Waals surface area contributed by atoms with E-state index in [2.05, 4.69) is 27.2 Å². The number of aromatic nitrogens is 6. The first-order valence-electron chi connectivity index (χ1n) is 13.8. The molecule has 11 nitrogen and oxygen atoms in total. The van der Waals surface area contributed by atoms with E-state index in [0.29, 0.717) is 48.6 Å². The average molecular weight is 561 g/mol. The number of piperazine rings is 1. The van der Waals surface area contributed by atoms with Gasteiger partial charge in [-0.25, -0.2) is 14.5 Å². The zero-order valence-electron chi connectivity index (χ0n) is 24.1. The van der Waals surface area contributed by atoms with Crippen LogP contribution >= 0.6 is 0 Å². The number of nitriles is 1. The Morgan fingerprint density at radius 2 is 1.81 bits per heavy atom. The first-order chi connectivity index (χ1) is 20.3. The Morgan fingerprint density at radius 1 is 1.00 bits per heavy atom. The number of amides is 1. The van der Waals surface area contributed by atoms with Crippen molar-refractivity contribution in [2.75, 3.05) is 45.2 Å². The van der Waals surface area contributed by atoms with Crippen molar-refractivity contribution in [3.8, 4) is 28.6 Å². The average Bonchev–Trinajstić information content (AvgIpc) is 3.63. The van der Waals surface area contributed by atoms with Crippen molar-refractivity contribution in [3.05, 3.63) is 84.1 Å². The van der Waals surface area contributed by atoms with Crippen LogP contribution in [0.25, 0.3) is 28.0 Å². The molecule has 1 aliphatic heterocycles. The number of hydrogen-bond donors (Lipinski definition) is 0. The minimum atomic E-state index is -0.317. The quantitative estimate of drug-likeness (QED) is 0.311. The van der Waals surface area contributed by atoms with E-state index in [9.17, 15) is 10.1 Å². The number of anilines is 1. The maximum atomic E-state index is 13.6. The maximum absolute atomic E-state index is 13.6. The Balaban J connectivity index is 1.21. The third kappa shape index (κ3) is 5.08. The van der Waals surface area contributed by atoms with Gasteiger partial charge in [0.05, 0.1) is 30.0 Å². The van der Waals surface area contributed by atoms with Crippen molar-refractivity contribution in [2.45, 2.75) is 13.0 Å². The maximum Gasteiger partial charge on any atom is 0.244 e. The van der Waals surface area contributed by atoms with Crippen LogP contribution in [0.3, 0.4) is 0 Å². The molecule has 4 aromatic heterocycles. The van der Waals surface area contributed by atoms with E-state index in [4.69, 9.17) is 9.97 Å². The van der Waals surface area contributed by atoms with Crippen molar-refractivity contribution in [2.24, 2.45) is 7.05 Å². The van der Waals surface area contributed by atoms with Crippen molar-refractivity contribution in [1.29, 1.82) is 5.26 Å². The number of hydrogen-bond acceptors (Lipinski definition) is 8. The van der Waals surface area contributed by atoms with Gasteiger partial charge in [-0.1, -0.05) is 29.8 Å². The second-order valence-electron chi connectivity index (χ2n) is 10.8. The van der Waals surface area contributed by atoms with Gasteiger partial charge in [0.2, 0.25) is 5.91 Å². The second kappa shape index (κ2) is 11.1. The molecule has 11 heteroatoms. The van der Waals surface area contributed by atoms with Crippen LogP contribution in [0.1, 0.15) is 22.7 Å². The van der Waals surface area contributed by atoms with Crippen LogP contribution in [0.2, 0.25) is 0 Å². The number of benzene rings is 1. The number of pyridine rings is 1. The number of fused-ring (bicyclic) bond motifs is 1. The Bertz CT molecular complexity index is 1790. The van der Waals surface area contributed by atoms with Crippen LogP contribution in [0, 0.1) is 18.3 Å². The van der Waals surface area contributed by atoms with Gasteiger partial charge in [0, 0.05) is 56.7 Å². The van der Waals surface area contributed by atoms with E-state index in [1.807, 2.05) is 74.4 Å². The molecule has 0 saturated carbocycles. The van der Waals surface area contributed by atoms with Crippen LogP contribution in [-0.2, 0) is 11.8 Å². The number of carbonyl (C=O) groups is 1. The Hall–Kier alpha value is -5.08. The molecule has 1 aliphatic rings. The summed E-state index contributed by atoms with van der Waals surface area (Å²) >= 11 is 0. The van der Waals surface area contributed by atoms with Crippen LogP contribution in [-0.4, -0.2) is 85.3 Å². The molecule has 0 spiro atoms. The van der Waals surface area contributed by atoms with Gasteiger partial charge >= 0.3 is 0 Å². The molecule has 0 aliphatic carbocycles. The topological polar surface area (TPSA) is 111 Å². The molecule has 6 rings (SSSR count). The summed E-state index contributed by atoms with van der Waals surface area (Å²) in [6, 6.07) is 14.0. The number of nitrogens with zero attached hydrogens (tertiary/aromatic N) is 10. The normalized spacial score (nSPS) is 14.4. The van der Waals surface area contributed by atoms with Crippen molar-refractivity contribution >= 4 is 17.2 Å². The van der Waals surface area contributed by atoms with Crippen LogP contribution in [0.5, 0.6) is 0 Å². The molecule has 1 aromatic carbocycles. The lowest BCUT2D eigenvalue weighted by molar-refractivity contribution is -0.136. The minimum Gasteiger partial charge on any atom is -0.353 e. The molecule has 0 bridgehead atoms. The van der Waals surface area contributed by atoms with Gasteiger partial charge in [-0.15, -0.1) is 0 Å². The molecular formula is C31H32N10O. The SMILES string of the molecule is Cc1cccc([C@H](C(=O)N2CCN(c3ccc(-c4nc(-c5cnn(C)c5)cn5ncc(C#N)c45)cn3)CC2)N(C)C)c1. The first-order valence-corrected chi connectivity index (χ1v) is 13.8. The number of carbonyl (C=O) groups excluding carboxylic acids is 1. The molecule has 42 heavy (non-hydrogen) atoms. The monoisotopic (exact) mass is 560 g/mol. The third-order valence-electron chi connectivity index (χ3n) is 7.66. The van der Waals surface area contributed by atoms with Gasteiger partial charge < -0.3 is 9.80 Å². The lowest BCUT2D eigenvalue weighted by Crippen LogP contribution is -2.51. The van der Waals surface area contributed by atoms with Gasteiger partial charge in [-0.3, -0.25) is 14.4 Å². The first kappa shape index (κ1) is 27.1. The summed E-state index contributed by atoms with van der Waals surface area (Å²) in [6.45, 7) is 4.66. The van der Waals surface area contributed by atoms with Crippen LogP contribution < -0.4 is 4.90 Å². The Morgan fingerprint density at radius 3 is 2.45 bits per heavy atom. The fourth-order valence-corrected chi connectivity index (χ4v) is 5.53. The Kier molecular flexibility index (Phi) is 7.14. The van der Waals surface area contributed by atoms with Crippen molar-refractivity contribution in [1.82, 2.24) is 39.2 Å². The lowest BCUT2D eigenvalue weighted by Gasteiger charge is -2.38. The van der Waals surface area contributed by atoms with E-state index < -0.39 is 0 Å². The van der Waals surface area contributed by atoms with Gasteiger partial charge in [0.15, 0.2) is 0 Å². The highest BCUT2D eigenvalue weighted by Gasteiger charge is 2.30. The summed E-state index contributed by atoms with van der Waals surface area (Å²) in [5, 5.41) is 18.4. The predicted octanol–water partition coefficient (Wildman–Crippen LogP) is 3.32. The molecule has 0 radical (unpaired) electrons. The fraction of sp³-hybridized carbons (Fsp3) is 0.290. The number of rotatable bonds is 6. The van der Waals surface area contributed by atoms with E-state index in [1.54, 1.807) is 34.0 Å². The number of aryl methyl sites for hydroxylation is 2. The van der Waals surface area contributed by atoms with E-state index in [-0.39, 0.29) is 11.9 Å². The highest BCUT2D eigenvalue weighted by Crippen LogP contribution is 2.30. The van der Waals surface area contributed by atoms with Gasteiger partial charge in [-0.05, 0) is 38.7 Å². The van der Waals surface area contributed by atoms with Gasteiger partial charge in [-0.2, -0.15) is 15.5 Å². The van der Waals surface area contributed by atoms with Crippen LogP contribution in [0.4, 0.5) is 5.82 Å². The molecule has 0 N–H and O–H groups in total. The molecule has 1 saturated heterocycles. The standard InChI is InChI=1S/C31H32N10O/c1-21-6-5-7-22(14-21)30(37(2)3)31(42)40-12-10-39(11-13-40)27-9-8-23(16-33-27)28-29-24(15-32)17-35-41(29)20-26(36-28)25-18-34-38(4)19-25/h5-9,14,16-20,30H,10-13H2,1-4H3/t30-/m1/s1. The molecule has 1 amide bonds. The molecule has 1 atom stereocenters. The zero-order chi connectivity index (χ0) is 29.4.